The van der Waals surface area contributed by atoms with E-state index in [1.54, 1.807) is 11.3 Å². The van der Waals surface area contributed by atoms with Crippen molar-refractivity contribution in [1.82, 2.24) is 5.32 Å². The van der Waals surface area contributed by atoms with Gasteiger partial charge in [-0.25, -0.2) is 0 Å². The molecule has 1 atom stereocenters. The minimum atomic E-state index is 0. The molecule has 5 heteroatoms. The molecule has 0 saturated carbocycles. The van der Waals surface area contributed by atoms with E-state index in [-0.39, 0.29) is 24.4 Å². The molecule has 2 rings (SSSR count). The summed E-state index contributed by atoms with van der Waals surface area (Å²) in [5.74, 6) is 0.0207. The van der Waals surface area contributed by atoms with Gasteiger partial charge in [0.1, 0.15) is 0 Å². The van der Waals surface area contributed by atoms with Crippen molar-refractivity contribution in [3.8, 4) is 0 Å². The fourth-order valence-corrected chi connectivity index (χ4v) is 2.95. The third-order valence-corrected chi connectivity index (χ3v) is 3.94. The average Bonchev–Trinajstić information content (AvgIpc) is 2.76. The van der Waals surface area contributed by atoms with E-state index >= 15 is 0 Å². The molecule has 0 radical (unpaired) electrons. The average molecular weight is 261 g/mol. The minimum absolute atomic E-state index is 0. The SMILES string of the molecule is C[C@H](CN)NC(=O)c1cc2c(s1)CCC2.Cl. The van der Waals surface area contributed by atoms with E-state index < -0.39 is 0 Å². The van der Waals surface area contributed by atoms with Crippen molar-refractivity contribution in [2.45, 2.75) is 32.2 Å². The standard InChI is InChI=1S/C11H16N2OS.ClH/c1-7(6-12)13-11(14)10-5-8-3-2-4-9(8)15-10;/h5,7H,2-4,6,12H2,1H3,(H,13,14);1H/t7-;/m1./s1. The molecule has 0 saturated heterocycles. The fourth-order valence-electron chi connectivity index (χ4n) is 1.79. The van der Waals surface area contributed by atoms with Crippen LogP contribution in [0.15, 0.2) is 6.07 Å². The predicted octanol–water partition coefficient (Wildman–Crippen LogP) is 1.74. The highest BCUT2D eigenvalue weighted by molar-refractivity contribution is 7.14. The number of halogens is 1. The van der Waals surface area contributed by atoms with Crippen molar-refractivity contribution in [1.29, 1.82) is 0 Å². The molecule has 3 nitrogen and oxygen atoms in total. The lowest BCUT2D eigenvalue weighted by Crippen LogP contribution is -2.37. The van der Waals surface area contributed by atoms with Gasteiger partial charge in [-0.3, -0.25) is 4.79 Å². The van der Waals surface area contributed by atoms with Crippen LogP contribution in [0.25, 0.3) is 0 Å². The van der Waals surface area contributed by atoms with Gasteiger partial charge in [0.25, 0.3) is 5.91 Å². The van der Waals surface area contributed by atoms with Crippen LogP contribution in [0.2, 0.25) is 0 Å². The Labute approximate surface area is 106 Å². The molecule has 1 aromatic heterocycles. The monoisotopic (exact) mass is 260 g/mol. The number of carbonyl (C=O) groups is 1. The second kappa shape index (κ2) is 5.66. The molecule has 1 amide bonds. The van der Waals surface area contributed by atoms with E-state index in [4.69, 9.17) is 5.73 Å². The lowest BCUT2D eigenvalue weighted by atomic mass is 10.2. The van der Waals surface area contributed by atoms with Gasteiger partial charge in [-0.05, 0) is 37.8 Å². The summed E-state index contributed by atoms with van der Waals surface area (Å²) in [6, 6.07) is 2.08. The quantitative estimate of drug-likeness (QED) is 0.870. The van der Waals surface area contributed by atoms with Gasteiger partial charge in [0.05, 0.1) is 4.88 Å². The van der Waals surface area contributed by atoms with Crippen molar-refractivity contribution < 1.29 is 4.79 Å². The van der Waals surface area contributed by atoms with Crippen LogP contribution in [0.1, 0.15) is 33.5 Å². The summed E-state index contributed by atoms with van der Waals surface area (Å²) < 4.78 is 0. The molecule has 0 aromatic carbocycles. The van der Waals surface area contributed by atoms with Gasteiger partial charge in [0.2, 0.25) is 0 Å². The molecule has 0 unspecified atom stereocenters. The molecule has 0 bridgehead atoms. The summed E-state index contributed by atoms with van der Waals surface area (Å²) in [5.41, 5.74) is 6.83. The Morgan fingerprint density at radius 3 is 3.00 bits per heavy atom. The molecular weight excluding hydrogens is 244 g/mol. The molecule has 0 fully saturated rings. The van der Waals surface area contributed by atoms with Gasteiger partial charge in [-0.1, -0.05) is 0 Å². The molecule has 0 spiro atoms. The van der Waals surface area contributed by atoms with Crippen molar-refractivity contribution in [3.05, 3.63) is 21.4 Å². The lowest BCUT2D eigenvalue weighted by Gasteiger charge is -2.09. The first-order valence-electron chi connectivity index (χ1n) is 5.33. The topological polar surface area (TPSA) is 55.1 Å². The van der Waals surface area contributed by atoms with Crippen LogP contribution in [-0.4, -0.2) is 18.5 Å². The van der Waals surface area contributed by atoms with Crippen molar-refractivity contribution in [2.75, 3.05) is 6.54 Å². The maximum absolute atomic E-state index is 11.8. The Morgan fingerprint density at radius 1 is 1.62 bits per heavy atom. The molecule has 1 heterocycles. The number of nitrogens with one attached hydrogen (secondary N) is 1. The summed E-state index contributed by atoms with van der Waals surface area (Å²) in [7, 11) is 0. The number of fused-ring (bicyclic) bond motifs is 1. The first kappa shape index (κ1) is 13.5. The van der Waals surface area contributed by atoms with E-state index in [2.05, 4.69) is 5.32 Å². The highest BCUT2D eigenvalue weighted by atomic mass is 35.5. The van der Waals surface area contributed by atoms with Crippen LogP contribution >= 0.6 is 23.7 Å². The summed E-state index contributed by atoms with van der Waals surface area (Å²) in [6.45, 7) is 2.40. The maximum atomic E-state index is 11.8. The van der Waals surface area contributed by atoms with E-state index in [0.29, 0.717) is 6.54 Å². The Bertz CT molecular complexity index is 357. The molecule has 16 heavy (non-hydrogen) atoms. The Kier molecular flexibility index (Phi) is 4.77. The molecule has 3 N–H and O–H groups in total. The van der Waals surface area contributed by atoms with Gasteiger partial charge in [-0.15, -0.1) is 23.7 Å². The summed E-state index contributed by atoms with van der Waals surface area (Å²) >= 11 is 1.63. The van der Waals surface area contributed by atoms with E-state index in [1.165, 1.54) is 16.9 Å². The Morgan fingerprint density at radius 2 is 2.38 bits per heavy atom. The van der Waals surface area contributed by atoms with Crippen molar-refractivity contribution >= 4 is 29.7 Å². The molecule has 0 aliphatic heterocycles. The summed E-state index contributed by atoms with van der Waals surface area (Å²) in [4.78, 5) is 14.0. The zero-order valence-electron chi connectivity index (χ0n) is 9.29. The van der Waals surface area contributed by atoms with E-state index in [0.717, 1.165) is 17.7 Å². The van der Waals surface area contributed by atoms with Crippen LogP contribution in [0, 0.1) is 0 Å². The minimum Gasteiger partial charge on any atom is -0.348 e. The Balaban J connectivity index is 0.00000128. The number of carbonyl (C=O) groups excluding carboxylic acids is 1. The van der Waals surface area contributed by atoms with E-state index in [1.807, 2.05) is 13.0 Å². The fraction of sp³-hybridized carbons (Fsp3) is 0.545. The van der Waals surface area contributed by atoms with Gasteiger partial charge in [-0.2, -0.15) is 0 Å². The van der Waals surface area contributed by atoms with Gasteiger partial charge in [0, 0.05) is 17.5 Å². The van der Waals surface area contributed by atoms with Crippen molar-refractivity contribution in [2.24, 2.45) is 5.73 Å². The number of hydrogen-bond donors (Lipinski definition) is 2. The third-order valence-electron chi connectivity index (χ3n) is 2.70. The number of aryl methyl sites for hydroxylation is 2. The smallest absolute Gasteiger partial charge is 0.261 e. The number of amides is 1. The molecule has 1 aliphatic rings. The van der Waals surface area contributed by atoms with E-state index in [9.17, 15) is 4.79 Å². The zero-order valence-corrected chi connectivity index (χ0v) is 10.9. The summed E-state index contributed by atoms with van der Waals surface area (Å²) in [6.07, 6.45) is 3.51. The molecular formula is C11H17ClN2OS. The summed E-state index contributed by atoms with van der Waals surface area (Å²) in [5, 5.41) is 2.88. The molecule has 90 valence electrons. The normalized spacial score (nSPS) is 15.1. The molecule has 1 aliphatic carbocycles. The second-order valence-electron chi connectivity index (χ2n) is 4.02. The number of hydrogen-bond acceptors (Lipinski definition) is 3. The zero-order chi connectivity index (χ0) is 10.8. The molecule has 1 aromatic rings. The first-order valence-corrected chi connectivity index (χ1v) is 6.15. The van der Waals surface area contributed by atoms with Crippen molar-refractivity contribution in [3.63, 3.8) is 0 Å². The number of nitrogens with two attached hydrogens (primary N) is 1. The van der Waals surface area contributed by atoms with Crippen LogP contribution in [0.4, 0.5) is 0 Å². The van der Waals surface area contributed by atoms with Gasteiger partial charge >= 0.3 is 0 Å². The van der Waals surface area contributed by atoms with Gasteiger partial charge in [0.15, 0.2) is 0 Å². The first-order chi connectivity index (χ1) is 7.20. The second-order valence-corrected chi connectivity index (χ2v) is 5.16. The number of rotatable bonds is 3. The largest absolute Gasteiger partial charge is 0.348 e. The highest BCUT2D eigenvalue weighted by Gasteiger charge is 2.18. The van der Waals surface area contributed by atoms with Gasteiger partial charge < -0.3 is 11.1 Å². The lowest BCUT2D eigenvalue weighted by molar-refractivity contribution is 0.0945. The third kappa shape index (κ3) is 2.75. The maximum Gasteiger partial charge on any atom is 0.261 e. The van der Waals surface area contributed by atoms with Crippen LogP contribution in [-0.2, 0) is 12.8 Å². The number of thiophene rings is 1. The Hall–Kier alpha value is -0.580. The van der Waals surface area contributed by atoms with Crippen LogP contribution in [0.3, 0.4) is 0 Å². The predicted molar refractivity (Wildman–Crippen MR) is 69.6 cm³/mol. The highest BCUT2D eigenvalue weighted by Crippen LogP contribution is 2.30. The van der Waals surface area contributed by atoms with Crippen LogP contribution < -0.4 is 11.1 Å². The van der Waals surface area contributed by atoms with Crippen LogP contribution in [0.5, 0.6) is 0 Å².